The van der Waals surface area contributed by atoms with Gasteiger partial charge in [0.1, 0.15) is 0 Å². The number of piperazine rings is 1. The van der Waals surface area contributed by atoms with Crippen molar-refractivity contribution in [2.24, 2.45) is 10.9 Å². The van der Waals surface area contributed by atoms with Crippen molar-refractivity contribution in [1.82, 2.24) is 25.5 Å². The Labute approximate surface area is 175 Å². The van der Waals surface area contributed by atoms with Crippen molar-refractivity contribution in [3.63, 3.8) is 0 Å². The van der Waals surface area contributed by atoms with Gasteiger partial charge in [0.25, 0.3) is 0 Å². The molecule has 1 aromatic rings. The summed E-state index contributed by atoms with van der Waals surface area (Å²) in [6, 6.07) is 2.17. The molecule has 0 spiro atoms. The first-order valence-electron chi connectivity index (χ1n) is 10.8. The molecule has 162 valence electrons. The van der Waals surface area contributed by atoms with Crippen molar-refractivity contribution in [2.45, 2.75) is 53.0 Å². The molecule has 0 bridgehead atoms. The molecule has 2 rings (SSSR count). The summed E-state index contributed by atoms with van der Waals surface area (Å²) in [7, 11) is 0. The molecule has 1 aromatic heterocycles. The predicted molar refractivity (Wildman–Crippen MR) is 118 cm³/mol. The molecule has 2 heterocycles. The fourth-order valence-electron chi connectivity index (χ4n) is 3.24. The normalized spacial score (nSPS) is 16.1. The molecule has 2 N–H and O–H groups in total. The summed E-state index contributed by atoms with van der Waals surface area (Å²) in [5, 5.41) is 6.72. The van der Waals surface area contributed by atoms with Crippen molar-refractivity contribution >= 4 is 17.8 Å². The lowest BCUT2D eigenvalue weighted by Gasteiger charge is -2.34. The maximum Gasteiger partial charge on any atom is 0.225 e. The number of aliphatic imine (C=N–C) groups is 1. The largest absolute Gasteiger partial charge is 0.357 e. The van der Waals surface area contributed by atoms with E-state index in [9.17, 15) is 4.79 Å². The Morgan fingerprint density at radius 1 is 1.14 bits per heavy atom. The zero-order valence-electron chi connectivity index (χ0n) is 18.4. The molecular weight excluding hydrogens is 366 g/mol. The number of nitrogens with zero attached hydrogens (tertiary/aromatic N) is 5. The van der Waals surface area contributed by atoms with Gasteiger partial charge in [0.05, 0.1) is 6.54 Å². The van der Waals surface area contributed by atoms with Gasteiger partial charge in [-0.05, 0) is 38.7 Å². The minimum atomic E-state index is 0.158. The van der Waals surface area contributed by atoms with Gasteiger partial charge in [0, 0.05) is 57.6 Å². The number of carbonyl (C=O) groups is 1. The molecule has 0 saturated carbocycles. The van der Waals surface area contributed by atoms with Gasteiger partial charge in [-0.25, -0.2) is 9.97 Å². The Balaban J connectivity index is 1.75. The van der Waals surface area contributed by atoms with Crippen molar-refractivity contribution in [3.05, 3.63) is 18.5 Å². The van der Waals surface area contributed by atoms with Crippen LogP contribution in [0.2, 0.25) is 0 Å². The maximum absolute atomic E-state index is 12.5. The van der Waals surface area contributed by atoms with Gasteiger partial charge in [-0.2, -0.15) is 0 Å². The van der Waals surface area contributed by atoms with Gasteiger partial charge in [-0.3, -0.25) is 9.79 Å². The fraction of sp³-hybridized carbons (Fsp3) is 0.714. The smallest absolute Gasteiger partial charge is 0.225 e. The van der Waals surface area contributed by atoms with E-state index in [1.54, 1.807) is 12.4 Å². The number of amides is 1. The Bertz CT molecular complexity index is 627. The second-order valence-corrected chi connectivity index (χ2v) is 7.94. The maximum atomic E-state index is 12.5. The molecule has 1 saturated heterocycles. The summed E-state index contributed by atoms with van der Waals surface area (Å²) in [4.78, 5) is 29.7. The summed E-state index contributed by atoms with van der Waals surface area (Å²) in [5.74, 6) is 2.39. The second-order valence-electron chi connectivity index (χ2n) is 7.94. The lowest BCUT2D eigenvalue weighted by molar-refractivity contribution is -0.131. The van der Waals surface area contributed by atoms with Gasteiger partial charge >= 0.3 is 0 Å². The van der Waals surface area contributed by atoms with Crippen LogP contribution >= 0.6 is 0 Å². The summed E-state index contributed by atoms with van der Waals surface area (Å²) in [5.41, 5.74) is 0. The first kappa shape index (κ1) is 22.9. The van der Waals surface area contributed by atoms with Crippen molar-refractivity contribution < 1.29 is 4.79 Å². The minimum Gasteiger partial charge on any atom is -0.357 e. The average molecular weight is 404 g/mol. The van der Waals surface area contributed by atoms with E-state index in [0.717, 1.165) is 38.0 Å². The van der Waals surface area contributed by atoms with Crippen LogP contribution in [0.25, 0.3) is 0 Å². The van der Waals surface area contributed by atoms with Crippen LogP contribution < -0.4 is 15.5 Å². The monoisotopic (exact) mass is 403 g/mol. The fourth-order valence-corrected chi connectivity index (χ4v) is 3.24. The topological polar surface area (TPSA) is 85.8 Å². The van der Waals surface area contributed by atoms with Crippen LogP contribution in [0, 0.1) is 5.92 Å². The van der Waals surface area contributed by atoms with Crippen molar-refractivity contribution in [3.8, 4) is 0 Å². The molecule has 29 heavy (non-hydrogen) atoms. The molecule has 0 aromatic carbocycles. The van der Waals surface area contributed by atoms with Crippen LogP contribution in [0.3, 0.4) is 0 Å². The Morgan fingerprint density at radius 3 is 2.45 bits per heavy atom. The minimum absolute atomic E-state index is 0.158. The van der Waals surface area contributed by atoms with Crippen LogP contribution in [-0.2, 0) is 4.79 Å². The number of hydrogen-bond donors (Lipinski definition) is 2. The molecule has 8 heteroatoms. The predicted octanol–water partition coefficient (Wildman–Crippen LogP) is 1.90. The van der Waals surface area contributed by atoms with Crippen LogP contribution in [0.1, 0.15) is 47.0 Å². The summed E-state index contributed by atoms with van der Waals surface area (Å²) >= 11 is 0. The van der Waals surface area contributed by atoms with Crippen LogP contribution in [0.5, 0.6) is 0 Å². The van der Waals surface area contributed by atoms with E-state index in [2.05, 4.69) is 58.2 Å². The number of guanidine groups is 1. The van der Waals surface area contributed by atoms with Crippen molar-refractivity contribution in [1.29, 1.82) is 0 Å². The first-order valence-corrected chi connectivity index (χ1v) is 10.8. The highest BCUT2D eigenvalue weighted by Crippen LogP contribution is 2.10. The molecule has 0 radical (unpaired) electrons. The number of aromatic nitrogens is 2. The Hall–Kier alpha value is -2.38. The van der Waals surface area contributed by atoms with Gasteiger partial charge in [-0.1, -0.05) is 13.8 Å². The number of hydrogen-bond acceptors (Lipinski definition) is 5. The quantitative estimate of drug-likeness (QED) is 0.484. The number of anilines is 1. The Kier molecular flexibility index (Phi) is 9.67. The summed E-state index contributed by atoms with van der Waals surface area (Å²) in [6.07, 6.45) is 6.22. The van der Waals surface area contributed by atoms with Crippen LogP contribution in [0.15, 0.2) is 23.5 Å². The molecule has 1 aliphatic heterocycles. The summed E-state index contributed by atoms with van der Waals surface area (Å²) in [6.45, 7) is 12.9. The molecule has 1 fully saturated rings. The molecule has 1 amide bonds. The van der Waals surface area contributed by atoms with Crippen LogP contribution in [-0.4, -0.2) is 72.0 Å². The SMILES string of the molecule is CCNC(=NCCC(=O)N1CCN(c2ncccn2)CC1)NC(C)CCC(C)C. The number of carbonyl (C=O) groups excluding carboxylic acids is 1. The van der Waals surface area contributed by atoms with Crippen molar-refractivity contribution in [2.75, 3.05) is 44.2 Å². The molecule has 8 nitrogen and oxygen atoms in total. The molecule has 1 atom stereocenters. The standard InChI is InChI=1S/C21H37N7O/c1-5-22-20(26-18(4)8-7-17(2)3)23-12-9-19(29)27-13-15-28(16-14-27)21-24-10-6-11-25-21/h6,10-11,17-18H,5,7-9,12-16H2,1-4H3,(H2,22,23,26). The average Bonchev–Trinajstić information content (AvgIpc) is 2.73. The molecule has 0 aliphatic carbocycles. The first-order chi connectivity index (χ1) is 14.0. The van der Waals surface area contributed by atoms with Crippen LogP contribution in [0.4, 0.5) is 5.95 Å². The third kappa shape index (κ3) is 8.25. The highest BCUT2D eigenvalue weighted by molar-refractivity contribution is 5.81. The molecular formula is C21H37N7O. The zero-order valence-corrected chi connectivity index (χ0v) is 18.4. The van der Waals surface area contributed by atoms with Gasteiger partial charge in [0.2, 0.25) is 11.9 Å². The van der Waals surface area contributed by atoms with E-state index in [4.69, 9.17) is 0 Å². The molecule has 1 unspecified atom stereocenters. The third-order valence-electron chi connectivity index (χ3n) is 4.97. The van der Waals surface area contributed by atoms with Gasteiger partial charge < -0.3 is 20.4 Å². The second kappa shape index (κ2) is 12.2. The lowest BCUT2D eigenvalue weighted by atomic mass is 10.0. The van der Waals surface area contributed by atoms with E-state index in [0.29, 0.717) is 38.0 Å². The van der Waals surface area contributed by atoms with E-state index >= 15 is 0 Å². The van der Waals surface area contributed by atoms with E-state index < -0.39 is 0 Å². The number of rotatable bonds is 9. The van der Waals surface area contributed by atoms with E-state index in [1.807, 2.05) is 11.0 Å². The zero-order chi connectivity index (χ0) is 21.1. The highest BCUT2D eigenvalue weighted by atomic mass is 16.2. The van der Waals surface area contributed by atoms with E-state index in [-0.39, 0.29) is 5.91 Å². The molecule has 1 aliphatic rings. The summed E-state index contributed by atoms with van der Waals surface area (Å²) < 4.78 is 0. The van der Waals surface area contributed by atoms with Gasteiger partial charge in [-0.15, -0.1) is 0 Å². The third-order valence-corrected chi connectivity index (χ3v) is 4.97. The Morgan fingerprint density at radius 2 is 1.83 bits per heavy atom. The van der Waals surface area contributed by atoms with Gasteiger partial charge in [0.15, 0.2) is 5.96 Å². The highest BCUT2D eigenvalue weighted by Gasteiger charge is 2.22. The number of nitrogens with one attached hydrogen (secondary N) is 2. The van der Waals surface area contributed by atoms with E-state index in [1.165, 1.54) is 6.42 Å². The lowest BCUT2D eigenvalue weighted by Crippen LogP contribution is -2.49.